The molecular formula is C16H24N2O. The van der Waals surface area contributed by atoms with Crippen LogP contribution in [0.25, 0.3) is 0 Å². The van der Waals surface area contributed by atoms with Crippen LogP contribution in [0.5, 0.6) is 0 Å². The summed E-state index contributed by atoms with van der Waals surface area (Å²) in [5.41, 5.74) is 2.20. The summed E-state index contributed by atoms with van der Waals surface area (Å²) in [6, 6.07) is 7.93. The Morgan fingerprint density at radius 1 is 1.16 bits per heavy atom. The number of amides is 1. The fourth-order valence-electron chi connectivity index (χ4n) is 2.60. The highest BCUT2D eigenvalue weighted by Gasteiger charge is 2.27. The van der Waals surface area contributed by atoms with Crippen LogP contribution in [0.1, 0.15) is 49.9 Å². The minimum absolute atomic E-state index is 0.0485. The molecule has 0 heterocycles. The second-order valence-corrected chi connectivity index (χ2v) is 6.24. The lowest BCUT2D eigenvalue weighted by molar-refractivity contribution is 0.0909. The van der Waals surface area contributed by atoms with Crippen molar-refractivity contribution in [3.8, 4) is 0 Å². The van der Waals surface area contributed by atoms with E-state index in [1.807, 2.05) is 31.3 Å². The fraction of sp³-hybridized carbons (Fsp3) is 0.562. The number of hydrogen-bond acceptors (Lipinski definition) is 2. The first-order chi connectivity index (χ1) is 9.00. The zero-order valence-corrected chi connectivity index (χ0v) is 12.1. The third-order valence-electron chi connectivity index (χ3n) is 4.11. The van der Waals surface area contributed by atoms with Crippen LogP contribution < -0.4 is 10.6 Å². The lowest BCUT2D eigenvalue weighted by Crippen LogP contribution is -2.39. The van der Waals surface area contributed by atoms with Crippen LogP contribution in [0, 0.1) is 5.41 Å². The zero-order chi connectivity index (χ0) is 13.9. The second-order valence-electron chi connectivity index (χ2n) is 6.24. The molecule has 1 amide bonds. The summed E-state index contributed by atoms with van der Waals surface area (Å²) < 4.78 is 0. The Morgan fingerprint density at radius 3 is 2.26 bits per heavy atom. The van der Waals surface area contributed by atoms with Crippen LogP contribution in [0.4, 0.5) is 5.69 Å². The molecular weight excluding hydrogens is 236 g/mol. The summed E-state index contributed by atoms with van der Waals surface area (Å²) in [4.78, 5) is 12.1. The number of carbonyl (C=O) groups excluding carboxylic acids is 1. The number of carbonyl (C=O) groups is 1. The van der Waals surface area contributed by atoms with Crippen LogP contribution in [0.3, 0.4) is 0 Å². The Hall–Kier alpha value is -1.51. The highest BCUT2D eigenvalue weighted by molar-refractivity contribution is 5.94. The number of nitrogens with one attached hydrogen (secondary N) is 2. The smallest absolute Gasteiger partial charge is 0.251 e. The van der Waals surface area contributed by atoms with E-state index in [9.17, 15) is 4.79 Å². The minimum atomic E-state index is 0.0485. The predicted octanol–water partition coefficient (Wildman–Crippen LogP) is 3.43. The number of hydrogen-bond donors (Lipinski definition) is 2. The van der Waals surface area contributed by atoms with E-state index in [0.29, 0.717) is 11.5 Å². The van der Waals surface area contributed by atoms with E-state index in [1.165, 1.54) is 12.8 Å². The topological polar surface area (TPSA) is 41.1 Å². The maximum Gasteiger partial charge on any atom is 0.251 e. The van der Waals surface area contributed by atoms with Crippen LogP contribution >= 0.6 is 0 Å². The summed E-state index contributed by atoms with van der Waals surface area (Å²) in [6.45, 7) is 4.61. The van der Waals surface area contributed by atoms with Crippen molar-refractivity contribution in [3.63, 3.8) is 0 Å². The molecule has 1 aliphatic carbocycles. The van der Waals surface area contributed by atoms with Crippen LogP contribution in [0.2, 0.25) is 0 Å². The van der Waals surface area contributed by atoms with Gasteiger partial charge in [0.05, 0.1) is 0 Å². The van der Waals surface area contributed by atoms with E-state index in [1.54, 1.807) is 0 Å². The largest absolute Gasteiger partial charge is 0.388 e. The van der Waals surface area contributed by atoms with Crippen molar-refractivity contribution in [2.24, 2.45) is 5.41 Å². The second kappa shape index (κ2) is 5.64. The van der Waals surface area contributed by atoms with Crippen LogP contribution in [-0.2, 0) is 0 Å². The molecule has 3 nitrogen and oxygen atoms in total. The van der Waals surface area contributed by atoms with Gasteiger partial charge in [-0.05, 0) is 55.4 Å². The summed E-state index contributed by atoms with van der Waals surface area (Å²) in [6.07, 6.45) is 4.56. The average Bonchev–Trinajstić information content (AvgIpc) is 2.41. The Kier molecular flexibility index (Phi) is 4.13. The van der Waals surface area contributed by atoms with Crippen LogP contribution in [0.15, 0.2) is 24.3 Å². The van der Waals surface area contributed by atoms with Gasteiger partial charge in [0.15, 0.2) is 0 Å². The van der Waals surface area contributed by atoms with Gasteiger partial charge in [-0.1, -0.05) is 13.8 Å². The van der Waals surface area contributed by atoms with Crippen molar-refractivity contribution < 1.29 is 4.79 Å². The summed E-state index contributed by atoms with van der Waals surface area (Å²) in [5, 5.41) is 6.20. The molecule has 3 heteroatoms. The third-order valence-corrected chi connectivity index (χ3v) is 4.11. The lowest BCUT2D eigenvalue weighted by atomic mass is 9.75. The molecule has 0 aromatic heterocycles. The monoisotopic (exact) mass is 260 g/mol. The van der Waals surface area contributed by atoms with Gasteiger partial charge in [-0.15, -0.1) is 0 Å². The molecule has 1 aromatic rings. The van der Waals surface area contributed by atoms with Crippen LogP contribution in [-0.4, -0.2) is 19.0 Å². The van der Waals surface area contributed by atoms with Crippen molar-refractivity contribution in [2.75, 3.05) is 12.4 Å². The molecule has 0 atom stereocenters. The van der Waals surface area contributed by atoms with Gasteiger partial charge < -0.3 is 10.6 Å². The zero-order valence-electron chi connectivity index (χ0n) is 12.1. The van der Waals surface area contributed by atoms with E-state index in [2.05, 4.69) is 24.5 Å². The van der Waals surface area contributed by atoms with Gasteiger partial charge in [-0.25, -0.2) is 0 Å². The lowest BCUT2D eigenvalue weighted by Gasteiger charge is -2.34. The molecule has 104 valence electrons. The van der Waals surface area contributed by atoms with Crippen molar-refractivity contribution in [3.05, 3.63) is 29.8 Å². The molecule has 0 bridgehead atoms. The minimum Gasteiger partial charge on any atom is -0.388 e. The quantitative estimate of drug-likeness (QED) is 0.874. The maximum atomic E-state index is 12.1. The van der Waals surface area contributed by atoms with Gasteiger partial charge in [-0.2, -0.15) is 0 Å². The van der Waals surface area contributed by atoms with E-state index in [4.69, 9.17) is 0 Å². The first kappa shape index (κ1) is 13.9. The molecule has 0 unspecified atom stereocenters. The molecule has 0 saturated heterocycles. The van der Waals surface area contributed by atoms with E-state index >= 15 is 0 Å². The Bertz CT molecular complexity index is 427. The van der Waals surface area contributed by atoms with E-state index in [-0.39, 0.29) is 5.91 Å². The highest BCUT2D eigenvalue weighted by Crippen LogP contribution is 2.35. The molecule has 0 aliphatic heterocycles. The summed E-state index contributed by atoms with van der Waals surface area (Å²) >= 11 is 0. The first-order valence-electron chi connectivity index (χ1n) is 7.09. The highest BCUT2D eigenvalue weighted by atomic mass is 16.1. The number of anilines is 1. The first-order valence-corrected chi connectivity index (χ1v) is 7.09. The molecule has 2 N–H and O–H groups in total. The van der Waals surface area contributed by atoms with Gasteiger partial charge in [0.1, 0.15) is 0 Å². The average molecular weight is 260 g/mol. The molecule has 1 aromatic carbocycles. The van der Waals surface area contributed by atoms with Gasteiger partial charge in [-0.3, -0.25) is 4.79 Å². The van der Waals surface area contributed by atoms with Gasteiger partial charge in [0.2, 0.25) is 0 Å². The molecule has 0 spiro atoms. The Balaban J connectivity index is 1.90. The molecule has 19 heavy (non-hydrogen) atoms. The van der Waals surface area contributed by atoms with Gasteiger partial charge in [0, 0.05) is 24.3 Å². The third kappa shape index (κ3) is 3.72. The molecule has 2 rings (SSSR count). The summed E-state index contributed by atoms with van der Waals surface area (Å²) in [7, 11) is 1.87. The fourth-order valence-corrected chi connectivity index (χ4v) is 2.60. The van der Waals surface area contributed by atoms with Gasteiger partial charge >= 0.3 is 0 Å². The van der Waals surface area contributed by atoms with Crippen molar-refractivity contribution in [2.45, 2.75) is 45.6 Å². The normalized spacial score (nSPS) is 18.9. The SMILES string of the molecule is CNc1ccc(C(=O)NC2CCC(C)(C)CC2)cc1. The van der Waals surface area contributed by atoms with E-state index < -0.39 is 0 Å². The van der Waals surface area contributed by atoms with Crippen molar-refractivity contribution in [1.29, 1.82) is 0 Å². The molecule has 1 saturated carbocycles. The van der Waals surface area contributed by atoms with E-state index in [0.717, 1.165) is 24.1 Å². The van der Waals surface area contributed by atoms with Gasteiger partial charge in [0.25, 0.3) is 5.91 Å². The molecule has 1 fully saturated rings. The standard InChI is InChI=1S/C16H24N2O/c1-16(2)10-8-14(9-11-16)18-15(19)12-4-6-13(17-3)7-5-12/h4-7,14,17H,8-11H2,1-3H3,(H,18,19). The summed E-state index contributed by atoms with van der Waals surface area (Å²) in [5.74, 6) is 0.0485. The Labute approximate surface area is 115 Å². The van der Waals surface area contributed by atoms with Crippen molar-refractivity contribution >= 4 is 11.6 Å². The predicted molar refractivity (Wildman–Crippen MR) is 79.5 cm³/mol. The molecule has 0 radical (unpaired) electrons. The number of rotatable bonds is 3. The van der Waals surface area contributed by atoms with Crippen molar-refractivity contribution in [1.82, 2.24) is 5.32 Å². The number of benzene rings is 1. The maximum absolute atomic E-state index is 12.1. The Morgan fingerprint density at radius 2 is 1.74 bits per heavy atom. The molecule has 1 aliphatic rings.